The van der Waals surface area contributed by atoms with Crippen molar-refractivity contribution in [3.63, 3.8) is 0 Å². The summed E-state index contributed by atoms with van der Waals surface area (Å²) in [5.41, 5.74) is 3.38. The highest BCUT2D eigenvalue weighted by Crippen LogP contribution is 2.23. The highest BCUT2D eigenvalue weighted by Gasteiger charge is 2.18. The molecule has 5 heteroatoms. The number of hydrogen-bond acceptors (Lipinski definition) is 3. The van der Waals surface area contributed by atoms with Crippen LogP contribution >= 0.6 is 0 Å². The molecule has 1 fully saturated rings. The lowest BCUT2D eigenvalue weighted by Gasteiger charge is -2.21. The predicted molar refractivity (Wildman–Crippen MR) is 117 cm³/mol. The molecular weight excluding hydrogens is 362 g/mol. The summed E-state index contributed by atoms with van der Waals surface area (Å²) >= 11 is 0. The van der Waals surface area contributed by atoms with Gasteiger partial charge in [-0.05, 0) is 47.7 Å². The summed E-state index contributed by atoms with van der Waals surface area (Å²) in [5.74, 6) is -0.0609. The summed E-state index contributed by atoms with van der Waals surface area (Å²) < 4.78 is 0. The highest BCUT2D eigenvalue weighted by molar-refractivity contribution is 6.05. The summed E-state index contributed by atoms with van der Waals surface area (Å²) in [4.78, 5) is 27.4. The number of nitrogens with zero attached hydrogens (tertiary/aromatic N) is 1. The number of carbonyl (C=O) groups excluding carboxylic acids is 2. The second-order valence-corrected chi connectivity index (χ2v) is 8.60. The fourth-order valence-corrected chi connectivity index (χ4v) is 3.48. The van der Waals surface area contributed by atoms with E-state index in [2.05, 4.69) is 31.4 Å². The molecule has 0 atom stereocenters. The summed E-state index contributed by atoms with van der Waals surface area (Å²) in [6.07, 6.45) is 1.26. The lowest BCUT2D eigenvalue weighted by atomic mass is 9.86. The summed E-state index contributed by atoms with van der Waals surface area (Å²) in [6, 6.07) is 15.3. The Morgan fingerprint density at radius 1 is 1.00 bits per heavy atom. The first kappa shape index (κ1) is 21.1. The van der Waals surface area contributed by atoms with Crippen molar-refractivity contribution in [3.05, 3.63) is 65.2 Å². The van der Waals surface area contributed by atoms with E-state index in [4.69, 9.17) is 0 Å². The van der Waals surface area contributed by atoms with E-state index in [0.29, 0.717) is 17.7 Å². The van der Waals surface area contributed by atoms with Crippen LogP contribution in [-0.4, -0.2) is 42.9 Å². The summed E-state index contributed by atoms with van der Waals surface area (Å²) in [7, 11) is 0. The number of para-hydroxylation sites is 1. The van der Waals surface area contributed by atoms with Crippen LogP contribution in [0.2, 0.25) is 0 Å². The van der Waals surface area contributed by atoms with Crippen molar-refractivity contribution in [2.24, 2.45) is 0 Å². The van der Waals surface area contributed by atoms with Crippen LogP contribution in [0.4, 0.5) is 5.69 Å². The zero-order valence-corrected chi connectivity index (χ0v) is 17.6. The van der Waals surface area contributed by atoms with Crippen molar-refractivity contribution in [1.82, 2.24) is 10.2 Å². The van der Waals surface area contributed by atoms with Crippen molar-refractivity contribution >= 4 is 17.5 Å². The number of nitrogens with one attached hydrogen (secondary N) is 2. The first-order valence-corrected chi connectivity index (χ1v) is 10.3. The molecule has 0 unspecified atom stereocenters. The number of anilines is 1. The monoisotopic (exact) mass is 393 g/mol. The van der Waals surface area contributed by atoms with E-state index < -0.39 is 0 Å². The van der Waals surface area contributed by atoms with Crippen molar-refractivity contribution in [2.75, 3.05) is 31.5 Å². The van der Waals surface area contributed by atoms with E-state index >= 15 is 0 Å². The molecule has 0 bridgehead atoms. The minimum absolute atomic E-state index is 0.0464. The molecule has 0 radical (unpaired) electrons. The Balaban J connectivity index is 1.70. The molecule has 2 aromatic rings. The smallest absolute Gasteiger partial charge is 0.255 e. The Kier molecular flexibility index (Phi) is 6.70. The van der Waals surface area contributed by atoms with Gasteiger partial charge in [-0.15, -0.1) is 0 Å². The Hall–Kier alpha value is -2.66. The second-order valence-electron chi connectivity index (χ2n) is 8.60. The van der Waals surface area contributed by atoms with Crippen LogP contribution in [0, 0.1) is 0 Å². The van der Waals surface area contributed by atoms with E-state index in [-0.39, 0.29) is 17.2 Å². The summed E-state index contributed by atoms with van der Waals surface area (Å²) in [5, 5.41) is 6.30. The van der Waals surface area contributed by atoms with Gasteiger partial charge in [0.15, 0.2) is 0 Å². The maximum Gasteiger partial charge on any atom is 0.255 e. The Labute approximate surface area is 173 Å². The van der Waals surface area contributed by atoms with Crippen LogP contribution in [0.1, 0.15) is 48.7 Å². The SMILES string of the molecule is CC(C)(C)c1ccc(C(=O)Nc2ccccc2CC(=O)N2CCCNCC2)cc1. The van der Waals surface area contributed by atoms with E-state index in [1.807, 2.05) is 53.4 Å². The quantitative estimate of drug-likeness (QED) is 0.834. The van der Waals surface area contributed by atoms with Crippen molar-refractivity contribution in [1.29, 1.82) is 0 Å². The maximum atomic E-state index is 12.7. The van der Waals surface area contributed by atoms with Gasteiger partial charge in [-0.3, -0.25) is 9.59 Å². The molecule has 0 spiro atoms. The fourth-order valence-electron chi connectivity index (χ4n) is 3.48. The largest absolute Gasteiger partial charge is 0.341 e. The molecule has 29 heavy (non-hydrogen) atoms. The highest BCUT2D eigenvalue weighted by atomic mass is 16.2. The standard InChI is InChI=1S/C24H31N3O2/c1-24(2,3)20-11-9-18(10-12-20)23(29)26-21-8-5-4-7-19(21)17-22(28)27-15-6-13-25-14-16-27/h4-5,7-12,25H,6,13-17H2,1-3H3,(H,26,29). The number of amides is 2. The Morgan fingerprint density at radius 2 is 1.72 bits per heavy atom. The molecule has 1 aliphatic heterocycles. The molecule has 1 heterocycles. The molecule has 0 aromatic heterocycles. The average molecular weight is 394 g/mol. The van der Waals surface area contributed by atoms with E-state index in [0.717, 1.165) is 38.2 Å². The second kappa shape index (κ2) is 9.23. The molecule has 0 saturated carbocycles. The number of rotatable bonds is 4. The first-order valence-electron chi connectivity index (χ1n) is 10.3. The van der Waals surface area contributed by atoms with E-state index in [1.165, 1.54) is 5.56 Å². The van der Waals surface area contributed by atoms with Crippen LogP contribution in [0.25, 0.3) is 0 Å². The minimum atomic E-state index is -0.163. The zero-order valence-electron chi connectivity index (χ0n) is 17.6. The molecule has 3 rings (SSSR count). The van der Waals surface area contributed by atoms with Gasteiger partial charge in [0.2, 0.25) is 5.91 Å². The zero-order chi connectivity index (χ0) is 20.9. The lowest BCUT2D eigenvalue weighted by molar-refractivity contribution is -0.130. The van der Waals surface area contributed by atoms with Gasteiger partial charge in [-0.25, -0.2) is 0 Å². The van der Waals surface area contributed by atoms with Gasteiger partial charge in [0, 0.05) is 30.9 Å². The molecule has 1 saturated heterocycles. The lowest BCUT2D eigenvalue weighted by Crippen LogP contribution is -2.35. The van der Waals surface area contributed by atoms with Crippen LogP contribution in [0.5, 0.6) is 0 Å². The third kappa shape index (κ3) is 5.67. The minimum Gasteiger partial charge on any atom is -0.341 e. The third-order valence-electron chi connectivity index (χ3n) is 5.31. The molecular formula is C24H31N3O2. The van der Waals surface area contributed by atoms with Crippen LogP contribution in [0.3, 0.4) is 0 Å². The van der Waals surface area contributed by atoms with Gasteiger partial charge < -0.3 is 15.5 Å². The van der Waals surface area contributed by atoms with Crippen LogP contribution in [-0.2, 0) is 16.6 Å². The van der Waals surface area contributed by atoms with E-state index in [1.54, 1.807) is 0 Å². The number of hydrogen-bond donors (Lipinski definition) is 2. The molecule has 0 aliphatic carbocycles. The van der Waals surface area contributed by atoms with Gasteiger partial charge >= 0.3 is 0 Å². The molecule has 1 aliphatic rings. The van der Waals surface area contributed by atoms with Crippen LogP contribution in [0.15, 0.2) is 48.5 Å². The topological polar surface area (TPSA) is 61.4 Å². The molecule has 2 aromatic carbocycles. The van der Waals surface area contributed by atoms with Gasteiger partial charge in [0.05, 0.1) is 6.42 Å². The Bertz CT molecular complexity index is 845. The first-order chi connectivity index (χ1) is 13.8. The summed E-state index contributed by atoms with van der Waals surface area (Å²) in [6.45, 7) is 9.73. The Morgan fingerprint density at radius 3 is 2.45 bits per heavy atom. The van der Waals surface area contributed by atoms with Crippen molar-refractivity contribution in [2.45, 2.75) is 39.0 Å². The normalized spacial score (nSPS) is 14.9. The number of benzene rings is 2. The van der Waals surface area contributed by atoms with E-state index in [9.17, 15) is 9.59 Å². The molecule has 2 amide bonds. The number of carbonyl (C=O) groups is 2. The maximum absolute atomic E-state index is 12.7. The van der Waals surface area contributed by atoms with Crippen molar-refractivity contribution in [3.8, 4) is 0 Å². The third-order valence-corrected chi connectivity index (χ3v) is 5.31. The van der Waals surface area contributed by atoms with Crippen LogP contribution < -0.4 is 10.6 Å². The fraction of sp³-hybridized carbons (Fsp3) is 0.417. The molecule has 154 valence electrons. The molecule has 5 nitrogen and oxygen atoms in total. The molecule has 2 N–H and O–H groups in total. The van der Waals surface area contributed by atoms with Crippen molar-refractivity contribution < 1.29 is 9.59 Å². The van der Waals surface area contributed by atoms with Gasteiger partial charge in [0.1, 0.15) is 0 Å². The average Bonchev–Trinajstić information content (AvgIpc) is 2.98. The van der Waals surface area contributed by atoms with Gasteiger partial charge in [-0.1, -0.05) is 51.1 Å². The van der Waals surface area contributed by atoms with Gasteiger partial charge in [0.25, 0.3) is 5.91 Å². The predicted octanol–water partition coefficient (Wildman–Crippen LogP) is 3.60. The van der Waals surface area contributed by atoms with Gasteiger partial charge in [-0.2, -0.15) is 0 Å².